The van der Waals surface area contributed by atoms with Gasteiger partial charge in [-0.25, -0.2) is 13.1 Å². The quantitative estimate of drug-likeness (QED) is 0.591. The van der Waals surface area contributed by atoms with Gasteiger partial charge in [-0.3, -0.25) is 4.79 Å². The Hall–Kier alpha value is -2.75. The van der Waals surface area contributed by atoms with Crippen molar-refractivity contribution in [3.8, 4) is 5.75 Å². The topological polar surface area (TPSA) is 89.8 Å². The van der Waals surface area contributed by atoms with Crippen LogP contribution in [-0.2, 0) is 21.9 Å². The lowest BCUT2D eigenvalue weighted by Crippen LogP contribution is -2.30. The Morgan fingerprint density at radius 3 is 2.63 bits per heavy atom. The number of fused-ring (bicyclic) bond motifs is 1. The zero-order chi connectivity index (χ0) is 21.9. The van der Waals surface area contributed by atoms with Crippen LogP contribution in [0.4, 0.5) is 0 Å². The van der Waals surface area contributed by atoms with Crippen LogP contribution in [0.2, 0.25) is 0 Å². The standard InChI is InChI=1S/C21H23N3O4S2/c1-14(2)23-30(26,27)19-13-15(9-11-17(19)28-4)10-12-20(25)22-21-24(3)16-7-5-6-8-18(16)29-21/h5-14,23H,1-4H3/b12-10+,22-21?. The molecule has 30 heavy (non-hydrogen) atoms. The number of sulfonamides is 1. The number of para-hydroxylation sites is 1. The number of nitrogens with zero attached hydrogens (tertiary/aromatic N) is 2. The first-order valence-electron chi connectivity index (χ1n) is 9.23. The number of amides is 1. The molecule has 0 aliphatic carbocycles. The summed E-state index contributed by atoms with van der Waals surface area (Å²) in [6.07, 6.45) is 2.85. The molecular weight excluding hydrogens is 422 g/mol. The van der Waals surface area contributed by atoms with Gasteiger partial charge < -0.3 is 9.30 Å². The van der Waals surface area contributed by atoms with Crippen LogP contribution in [0.1, 0.15) is 19.4 Å². The second-order valence-electron chi connectivity index (χ2n) is 6.88. The molecule has 0 saturated carbocycles. The van der Waals surface area contributed by atoms with Crippen LogP contribution in [0, 0.1) is 0 Å². The number of ether oxygens (including phenoxy) is 1. The molecule has 7 nitrogen and oxygen atoms in total. The lowest BCUT2D eigenvalue weighted by molar-refractivity contribution is -0.113. The number of aromatic nitrogens is 1. The van der Waals surface area contributed by atoms with Crippen molar-refractivity contribution in [2.45, 2.75) is 24.8 Å². The van der Waals surface area contributed by atoms with Crippen LogP contribution < -0.4 is 14.3 Å². The molecule has 0 aliphatic rings. The minimum Gasteiger partial charge on any atom is -0.495 e. The van der Waals surface area contributed by atoms with Gasteiger partial charge in [0.1, 0.15) is 10.6 Å². The van der Waals surface area contributed by atoms with Crippen molar-refractivity contribution in [3.05, 3.63) is 58.9 Å². The first kappa shape index (κ1) is 21.9. The molecular formula is C21H23N3O4S2. The summed E-state index contributed by atoms with van der Waals surface area (Å²) >= 11 is 1.43. The fourth-order valence-electron chi connectivity index (χ4n) is 2.87. The number of benzene rings is 2. The molecule has 3 aromatic rings. The van der Waals surface area contributed by atoms with E-state index in [1.807, 2.05) is 35.9 Å². The third-order valence-electron chi connectivity index (χ3n) is 4.21. The van der Waals surface area contributed by atoms with Crippen LogP contribution in [0.15, 0.2) is 58.4 Å². The van der Waals surface area contributed by atoms with Gasteiger partial charge in [0.15, 0.2) is 4.80 Å². The Labute approximate surface area is 179 Å². The number of carbonyl (C=O) groups is 1. The molecule has 0 radical (unpaired) electrons. The highest BCUT2D eigenvalue weighted by atomic mass is 32.2. The molecule has 9 heteroatoms. The Morgan fingerprint density at radius 2 is 1.97 bits per heavy atom. The van der Waals surface area contributed by atoms with Crippen LogP contribution in [0.3, 0.4) is 0 Å². The number of aryl methyl sites for hydroxylation is 1. The largest absolute Gasteiger partial charge is 0.495 e. The van der Waals surface area contributed by atoms with Crippen molar-refractivity contribution < 1.29 is 17.9 Å². The molecule has 158 valence electrons. The predicted octanol–water partition coefficient (Wildman–Crippen LogP) is 3.08. The van der Waals surface area contributed by atoms with E-state index in [1.54, 1.807) is 26.0 Å². The number of thiazole rings is 1. The van der Waals surface area contributed by atoms with Crippen molar-refractivity contribution in [3.63, 3.8) is 0 Å². The van der Waals surface area contributed by atoms with E-state index in [-0.39, 0.29) is 16.7 Å². The third-order valence-corrected chi connectivity index (χ3v) is 7.00. The number of methoxy groups -OCH3 is 1. The van der Waals surface area contributed by atoms with Gasteiger partial charge in [0, 0.05) is 19.2 Å². The van der Waals surface area contributed by atoms with Crippen LogP contribution in [-0.4, -0.2) is 32.0 Å². The molecule has 2 aromatic carbocycles. The Bertz CT molecular complexity index is 1290. The highest BCUT2D eigenvalue weighted by Crippen LogP contribution is 2.25. The molecule has 1 heterocycles. The highest BCUT2D eigenvalue weighted by Gasteiger charge is 2.20. The van der Waals surface area contributed by atoms with Crippen LogP contribution >= 0.6 is 11.3 Å². The van der Waals surface area contributed by atoms with Gasteiger partial charge in [-0.2, -0.15) is 4.99 Å². The summed E-state index contributed by atoms with van der Waals surface area (Å²) in [5.74, 6) is -0.202. The SMILES string of the molecule is COc1ccc(/C=C/C(=O)N=c2sc3ccccc3n2C)cc1S(=O)(=O)NC(C)C. The molecule has 3 rings (SSSR count). The number of carbonyl (C=O) groups excluding carboxylic acids is 1. The van der Waals surface area contributed by atoms with Gasteiger partial charge in [-0.15, -0.1) is 0 Å². The van der Waals surface area contributed by atoms with Gasteiger partial charge in [0.05, 0.1) is 17.3 Å². The van der Waals surface area contributed by atoms with Crippen molar-refractivity contribution in [2.24, 2.45) is 12.0 Å². The summed E-state index contributed by atoms with van der Waals surface area (Å²) in [7, 11) is -0.484. The van der Waals surface area contributed by atoms with Gasteiger partial charge in [-0.1, -0.05) is 29.5 Å². The van der Waals surface area contributed by atoms with Crippen molar-refractivity contribution >= 4 is 43.6 Å². The van der Waals surface area contributed by atoms with E-state index in [4.69, 9.17) is 4.74 Å². The van der Waals surface area contributed by atoms with E-state index in [2.05, 4.69) is 9.71 Å². The van der Waals surface area contributed by atoms with E-state index in [1.165, 1.54) is 36.7 Å². The Kier molecular flexibility index (Phi) is 6.55. The minimum atomic E-state index is -3.75. The summed E-state index contributed by atoms with van der Waals surface area (Å²) in [6, 6.07) is 12.3. The van der Waals surface area contributed by atoms with E-state index in [9.17, 15) is 13.2 Å². The van der Waals surface area contributed by atoms with Gasteiger partial charge in [0.2, 0.25) is 10.0 Å². The lowest BCUT2D eigenvalue weighted by atomic mass is 10.2. The van der Waals surface area contributed by atoms with Gasteiger partial charge in [-0.05, 0) is 49.8 Å². The molecule has 1 amide bonds. The third kappa shape index (κ3) is 4.86. The number of hydrogen-bond donors (Lipinski definition) is 1. The monoisotopic (exact) mass is 445 g/mol. The first-order chi connectivity index (χ1) is 14.2. The number of nitrogens with one attached hydrogen (secondary N) is 1. The predicted molar refractivity (Wildman–Crippen MR) is 119 cm³/mol. The van der Waals surface area contributed by atoms with Gasteiger partial charge in [0.25, 0.3) is 5.91 Å². The molecule has 0 unspecified atom stereocenters. The molecule has 0 spiro atoms. The zero-order valence-corrected chi connectivity index (χ0v) is 18.8. The zero-order valence-electron chi connectivity index (χ0n) is 17.1. The lowest BCUT2D eigenvalue weighted by Gasteiger charge is -2.13. The molecule has 1 aromatic heterocycles. The van der Waals surface area contributed by atoms with E-state index >= 15 is 0 Å². The highest BCUT2D eigenvalue weighted by molar-refractivity contribution is 7.89. The number of hydrogen-bond acceptors (Lipinski definition) is 5. The van der Waals surface area contributed by atoms with Crippen molar-refractivity contribution in [1.82, 2.24) is 9.29 Å². The van der Waals surface area contributed by atoms with E-state index < -0.39 is 15.9 Å². The van der Waals surface area contributed by atoms with Crippen LogP contribution in [0.25, 0.3) is 16.3 Å². The second kappa shape index (κ2) is 8.95. The average molecular weight is 446 g/mol. The maximum absolute atomic E-state index is 12.6. The summed E-state index contributed by atoms with van der Waals surface area (Å²) in [5, 5.41) is 0. The van der Waals surface area contributed by atoms with Gasteiger partial charge >= 0.3 is 0 Å². The van der Waals surface area contributed by atoms with Crippen molar-refractivity contribution in [2.75, 3.05) is 7.11 Å². The summed E-state index contributed by atoms with van der Waals surface area (Å²) in [6.45, 7) is 3.48. The summed E-state index contributed by atoms with van der Waals surface area (Å²) in [4.78, 5) is 17.1. The maximum atomic E-state index is 12.6. The fraction of sp³-hybridized carbons (Fsp3) is 0.238. The summed E-state index contributed by atoms with van der Waals surface area (Å²) in [5.41, 5.74) is 1.55. The molecule has 1 N–H and O–H groups in total. The Morgan fingerprint density at radius 1 is 1.23 bits per heavy atom. The maximum Gasteiger partial charge on any atom is 0.272 e. The van der Waals surface area contributed by atoms with E-state index in [0.29, 0.717) is 10.4 Å². The molecule has 0 fully saturated rings. The van der Waals surface area contributed by atoms with Crippen LogP contribution in [0.5, 0.6) is 5.75 Å². The van der Waals surface area contributed by atoms with E-state index in [0.717, 1.165) is 10.2 Å². The second-order valence-corrected chi connectivity index (χ2v) is 9.57. The molecule has 0 bridgehead atoms. The smallest absolute Gasteiger partial charge is 0.272 e. The minimum absolute atomic E-state index is 0.0149. The molecule has 0 saturated heterocycles. The fourth-order valence-corrected chi connectivity index (χ4v) is 5.35. The van der Waals surface area contributed by atoms with Crippen molar-refractivity contribution in [1.29, 1.82) is 0 Å². The normalized spacial score (nSPS) is 12.9. The Balaban J connectivity index is 1.91. The molecule has 0 aliphatic heterocycles. The first-order valence-corrected chi connectivity index (χ1v) is 11.5. The average Bonchev–Trinajstić information content (AvgIpc) is 3.01. The number of rotatable bonds is 6. The molecule has 0 atom stereocenters. The summed E-state index contributed by atoms with van der Waals surface area (Å²) < 4.78 is 35.8.